The molecule has 0 bridgehead atoms. The van der Waals surface area contributed by atoms with E-state index in [0.717, 1.165) is 47.6 Å². The Morgan fingerprint density at radius 1 is 1.12 bits per heavy atom. The average Bonchev–Trinajstić information content (AvgIpc) is 2.57. The Kier molecular flexibility index (Phi) is 4.66. The Hall–Kier alpha value is -2.56. The van der Waals surface area contributed by atoms with Gasteiger partial charge in [0.1, 0.15) is 5.82 Å². The lowest BCUT2D eigenvalue weighted by molar-refractivity contribution is 0.230. The summed E-state index contributed by atoms with van der Waals surface area (Å²) in [7, 11) is 3.45. The summed E-state index contributed by atoms with van der Waals surface area (Å²) < 4.78 is 13.4. The van der Waals surface area contributed by atoms with Gasteiger partial charge in [0.05, 0.1) is 0 Å². The van der Waals surface area contributed by atoms with E-state index >= 15 is 0 Å². The SMILES string of the molecule is Cc1cc(N2CCc3cc(F)ccc3C2)cc(C)c1NC(=O)N(C)C. The van der Waals surface area contributed by atoms with Crippen LogP contribution in [-0.2, 0) is 13.0 Å². The van der Waals surface area contributed by atoms with Crippen molar-refractivity contribution in [2.24, 2.45) is 0 Å². The van der Waals surface area contributed by atoms with E-state index < -0.39 is 0 Å². The summed E-state index contributed by atoms with van der Waals surface area (Å²) in [5.74, 6) is -0.167. The summed E-state index contributed by atoms with van der Waals surface area (Å²) in [5.41, 5.74) is 6.34. The molecule has 1 N–H and O–H groups in total. The number of hydrogen-bond acceptors (Lipinski definition) is 2. The molecule has 0 fully saturated rings. The summed E-state index contributed by atoms with van der Waals surface area (Å²) in [4.78, 5) is 15.8. The number of fused-ring (bicyclic) bond motifs is 1. The highest BCUT2D eigenvalue weighted by Gasteiger charge is 2.19. The molecular formula is C20H24FN3O. The molecule has 1 aliphatic rings. The maximum Gasteiger partial charge on any atom is 0.321 e. The molecule has 1 aliphatic heterocycles. The fourth-order valence-corrected chi connectivity index (χ4v) is 3.28. The first-order valence-corrected chi connectivity index (χ1v) is 8.47. The minimum absolute atomic E-state index is 0.132. The van der Waals surface area contributed by atoms with Gasteiger partial charge in [0.15, 0.2) is 0 Å². The molecule has 25 heavy (non-hydrogen) atoms. The lowest BCUT2D eigenvalue weighted by atomic mass is 9.98. The monoisotopic (exact) mass is 341 g/mol. The van der Waals surface area contributed by atoms with Gasteiger partial charge in [0.2, 0.25) is 0 Å². The van der Waals surface area contributed by atoms with Crippen LogP contribution in [0, 0.1) is 19.7 Å². The zero-order valence-electron chi connectivity index (χ0n) is 15.2. The zero-order chi connectivity index (χ0) is 18.1. The molecule has 1 heterocycles. The van der Waals surface area contributed by atoms with Gasteiger partial charge in [-0.3, -0.25) is 0 Å². The van der Waals surface area contributed by atoms with Crippen molar-refractivity contribution in [1.29, 1.82) is 0 Å². The standard InChI is InChI=1S/C20H24FN3O/c1-13-9-18(10-14(2)19(13)22-20(25)23(3)4)24-8-7-15-11-17(21)6-5-16(15)12-24/h5-6,9-11H,7-8,12H2,1-4H3,(H,22,25). The predicted octanol–water partition coefficient (Wildman–Crippen LogP) is 4.10. The van der Waals surface area contributed by atoms with E-state index in [2.05, 4.69) is 22.3 Å². The van der Waals surface area contributed by atoms with Gasteiger partial charge in [-0.2, -0.15) is 0 Å². The summed E-state index contributed by atoms with van der Waals surface area (Å²) in [6.07, 6.45) is 0.838. The maximum atomic E-state index is 13.4. The maximum absolute atomic E-state index is 13.4. The number of rotatable bonds is 2. The molecule has 0 saturated carbocycles. The van der Waals surface area contributed by atoms with Gasteiger partial charge in [-0.05, 0) is 66.8 Å². The quantitative estimate of drug-likeness (QED) is 0.893. The Morgan fingerprint density at radius 3 is 2.44 bits per heavy atom. The van der Waals surface area contributed by atoms with Crippen molar-refractivity contribution in [2.75, 3.05) is 30.9 Å². The van der Waals surface area contributed by atoms with Crippen molar-refractivity contribution >= 4 is 17.4 Å². The second kappa shape index (κ2) is 6.75. The molecule has 0 atom stereocenters. The van der Waals surface area contributed by atoms with E-state index in [1.807, 2.05) is 19.9 Å². The van der Waals surface area contributed by atoms with Crippen molar-refractivity contribution in [3.8, 4) is 0 Å². The van der Waals surface area contributed by atoms with E-state index in [1.165, 1.54) is 16.5 Å². The number of nitrogens with one attached hydrogen (secondary N) is 1. The van der Waals surface area contributed by atoms with Crippen molar-refractivity contribution in [2.45, 2.75) is 26.8 Å². The zero-order valence-corrected chi connectivity index (χ0v) is 15.2. The molecule has 0 unspecified atom stereocenters. The Bertz CT molecular complexity index is 794. The third-order valence-corrected chi connectivity index (χ3v) is 4.70. The van der Waals surface area contributed by atoms with Crippen LogP contribution in [0.15, 0.2) is 30.3 Å². The lowest BCUT2D eigenvalue weighted by Gasteiger charge is -2.31. The van der Waals surface area contributed by atoms with Gasteiger partial charge in [0.25, 0.3) is 0 Å². The second-order valence-electron chi connectivity index (χ2n) is 6.86. The highest BCUT2D eigenvalue weighted by Crippen LogP contribution is 2.30. The van der Waals surface area contributed by atoms with Crippen LogP contribution < -0.4 is 10.2 Å². The number of carbonyl (C=O) groups is 1. The molecule has 0 spiro atoms. The van der Waals surface area contributed by atoms with Gasteiger partial charge in [-0.15, -0.1) is 0 Å². The van der Waals surface area contributed by atoms with Crippen LogP contribution in [0.5, 0.6) is 0 Å². The molecule has 2 amide bonds. The van der Waals surface area contributed by atoms with Crippen LogP contribution in [0.4, 0.5) is 20.6 Å². The molecule has 5 heteroatoms. The normalized spacial score (nSPS) is 13.4. The highest BCUT2D eigenvalue weighted by molar-refractivity contribution is 5.91. The predicted molar refractivity (Wildman–Crippen MR) is 99.8 cm³/mol. The number of aryl methyl sites for hydroxylation is 2. The topological polar surface area (TPSA) is 35.6 Å². The van der Waals surface area contributed by atoms with Gasteiger partial charge in [-0.1, -0.05) is 6.07 Å². The number of anilines is 2. The molecule has 0 radical (unpaired) electrons. The fraction of sp³-hybridized carbons (Fsp3) is 0.350. The van der Waals surface area contributed by atoms with E-state index in [0.29, 0.717) is 0 Å². The van der Waals surface area contributed by atoms with Crippen LogP contribution in [-0.4, -0.2) is 31.6 Å². The highest BCUT2D eigenvalue weighted by atomic mass is 19.1. The first-order valence-electron chi connectivity index (χ1n) is 8.47. The van der Waals surface area contributed by atoms with E-state index in [4.69, 9.17) is 0 Å². The first-order chi connectivity index (χ1) is 11.8. The fourth-order valence-electron chi connectivity index (χ4n) is 3.28. The van der Waals surface area contributed by atoms with Crippen LogP contribution in [0.2, 0.25) is 0 Å². The number of urea groups is 1. The molecule has 4 nitrogen and oxygen atoms in total. The van der Waals surface area contributed by atoms with Gasteiger partial charge in [0, 0.05) is 38.6 Å². The summed E-state index contributed by atoms with van der Waals surface area (Å²) in [6.45, 7) is 5.65. The number of benzene rings is 2. The molecule has 2 aromatic rings. The summed E-state index contributed by atoms with van der Waals surface area (Å²) in [6, 6.07) is 9.12. The van der Waals surface area contributed by atoms with Crippen LogP contribution >= 0.6 is 0 Å². The number of amides is 2. The van der Waals surface area contributed by atoms with Crippen molar-refractivity contribution < 1.29 is 9.18 Å². The van der Waals surface area contributed by atoms with E-state index in [9.17, 15) is 9.18 Å². The molecule has 132 valence electrons. The molecule has 2 aromatic carbocycles. The number of hydrogen-bond donors (Lipinski definition) is 1. The minimum atomic E-state index is -0.167. The summed E-state index contributed by atoms with van der Waals surface area (Å²) in [5, 5.41) is 2.96. The van der Waals surface area contributed by atoms with E-state index in [1.54, 1.807) is 20.2 Å². The molecule has 0 aromatic heterocycles. The Labute approximate surface area is 148 Å². The van der Waals surface area contributed by atoms with Crippen LogP contribution in [0.3, 0.4) is 0 Å². The van der Waals surface area contributed by atoms with Crippen molar-refractivity contribution in [3.63, 3.8) is 0 Å². The average molecular weight is 341 g/mol. The molecular weight excluding hydrogens is 317 g/mol. The number of halogens is 1. The van der Waals surface area contributed by atoms with Gasteiger partial charge >= 0.3 is 6.03 Å². The van der Waals surface area contributed by atoms with Crippen molar-refractivity contribution in [1.82, 2.24) is 4.90 Å². The van der Waals surface area contributed by atoms with E-state index in [-0.39, 0.29) is 11.8 Å². The third-order valence-electron chi connectivity index (χ3n) is 4.70. The molecule has 0 saturated heterocycles. The first kappa shape index (κ1) is 17.3. The number of nitrogens with zero attached hydrogens (tertiary/aromatic N) is 2. The van der Waals surface area contributed by atoms with Crippen LogP contribution in [0.25, 0.3) is 0 Å². The molecule has 0 aliphatic carbocycles. The van der Waals surface area contributed by atoms with Crippen LogP contribution in [0.1, 0.15) is 22.3 Å². The van der Waals surface area contributed by atoms with Crippen molar-refractivity contribution in [3.05, 3.63) is 58.4 Å². The Morgan fingerprint density at radius 2 is 1.80 bits per heavy atom. The number of carbonyl (C=O) groups excluding carboxylic acids is 1. The Balaban J connectivity index is 1.84. The smallest absolute Gasteiger partial charge is 0.321 e. The summed E-state index contributed by atoms with van der Waals surface area (Å²) >= 11 is 0. The minimum Gasteiger partial charge on any atom is -0.367 e. The van der Waals surface area contributed by atoms with Gasteiger partial charge in [-0.25, -0.2) is 9.18 Å². The molecule has 3 rings (SSSR count). The lowest BCUT2D eigenvalue weighted by Crippen LogP contribution is -2.31. The van der Waals surface area contributed by atoms with Gasteiger partial charge < -0.3 is 15.1 Å². The second-order valence-corrected chi connectivity index (χ2v) is 6.86. The largest absolute Gasteiger partial charge is 0.367 e. The third kappa shape index (κ3) is 3.60.